The topological polar surface area (TPSA) is 38.3 Å². The molecule has 0 bridgehead atoms. The second kappa shape index (κ2) is 17.3. The molecule has 0 aliphatic carbocycles. The Balaban J connectivity index is 0.000000538. The first kappa shape index (κ1) is 38.0. The summed E-state index contributed by atoms with van der Waals surface area (Å²) < 4.78 is 70.2. The zero-order valence-electron chi connectivity index (χ0n) is 26.4. The number of hydrogen-bond donors (Lipinski definition) is 0. The Morgan fingerprint density at radius 2 is 1.52 bits per heavy atom. The van der Waals surface area contributed by atoms with E-state index in [4.69, 9.17) is 4.74 Å². The van der Waals surface area contributed by atoms with Crippen molar-refractivity contribution in [2.45, 2.75) is 52.6 Å². The minimum Gasteiger partial charge on any atom is -0.481 e. The Morgan fingerprint density at radius 1 is 0.909 bits per heavy atom. The fourth-order valence-electron chi connectivity index (χ4n) is 4.63. The fraction of sp³-hybridized carbons (Fsp3) is 0.371. The molecule has 0 atom stereocenters. The predicted molar refractivity (Wildman–Crippen MR) is 170 cm³/mol. The van der Waals surface area contributed by atoms with Gasteiger partial charge in [-0.3, -0.25) is 4.98 Å². The third-order valence-electron chi connectivity index (χ3n) is 7.13. The van der Waals surface area contributed by atoms with E-state index < -0.39 is 17.7 Å². The molecule has 1 aliphatic rings. The van der Waals surface area contributed by atoms with Gasteiger partial charge in [-0.25, -0.2) is 13.8 Å². The van der Waals surface area contributed by atoms with E-state index in [-0.39, 0.29) is 5.56 Å². The van der Waals surface area contributed by atoms with Gasteiger partial charge in [-0.2, -0.15) is 13.2 Å². The number of benzene rings is 1. The Bertz CT molecular complexity index is 1310. The van der Waals surface area contributed by atoms with E-state index >= 15 is 0 Å². The monoisotopic (exact) mass is 617 g/mol. The van der Waals surface area contributed by atoms with Gasteiger partial charge in [0.25, 0.3) is 5.92 Å². The standard InChI is InChI=1S/C22H26F3N3O.C9H10F2.2C2H4/c1-14(2)16-7-9-28(10-8-16)15(3)21-19(11-18(13-27-21)22(23,24)25)17-5-6-20(29-4)26-12-17;1-7-4-3-5-8(6-7)9(2,10)11;2*1-2/h5-6,11-14,16H,3,7-10H2,1-2,4H3;3-6H,1-2H3;2*1-2H2. The molecule has 0 radical (unpaired) electrons. The highest BCUT2D eigenvalue weighted by atomic mass is 19.4. The van der Waals surface area contributed by atoms with Crippen LogP contribution in [0.4, 0.5) is 22.0 Å². The van der Waals surface area contributed by atoms with Crippen LogP contribution in [0.3, 0.4) is 0 Å². The van der Waals surface area contributed by atoms with Crippen LogP contribution < -0.4 is 4.74 Å². The molecule has 1 aliphatic heterocycles. The summed E-state index contributed by atoms with van der Waals surface area (Å²) in [6, 6.07) is 10.8. The molecule has 1 saturated heterocycles. The number of methoxy groups -OCH3 is 1. The lowest BCUT2D eigenvalue weighted by Crippen LogP contribution is -2.34. The van der Waals surface area contributed by atoms with E-state index in [1.807, 2.05) is 0 Å². The van der Waals surface area contributed by atoms with Crippen LogP contribution in [0, 0.1) is 18.8 Å². The third kappa shape index (κ3) is 10.9. The van der Waals surface area contributed by atoms with Gasteiger partial charge in [-0.1, -0.05) is 50.3 Å². The molecule has 0 spiro atoms. The SMILES string of the molecule is C=C.C=C.C=C(c1ncc(C(F)(F)F)cc1-c1ccc(OC)nc1)N1CCC(C(C)C)CC1.Cc1cccc(C(C)(F)F)c1. The largest absolute Gasteiger partial charge is 0.481 e. The number of nitrogens with zero attached hydrogens (tertiary/aromatic N) is 3. The van der Waals surface area contributed by atoms with Gasteiger partial charge in [0.15, 0.2) is 0 Å². The Labute approximate surface area is 259 Å². The van der Waals surface area contributed by atoms with E-state index in [2.05, 4.69) is 61.6 Å². The summed E-state index contributed by atoms with van der Waals surface area (Å²) in [5.41, 5.74) is 2.16. The number of hydrogen-bond acceptors (Lipinski definition) is 4. The zero-order chi connectivity index (χ0) is 33.7. The molecule has 44 heavy (non-hydrogen) atoms. The first-order chi connectivity index (χ1) is 20.7. The van der Waals surface area contributed by atoms with Crippen LogP contribution in [-0.2, 0) is 12.1 Å². The van der Waals surface area contributed by atoms with Gasteiger partial charge >= 0.3 is 6.18 Å². The maximum atomic E-state index is 13.3. The van der Waals surface area contributed by atoms with Gasteiger partial charge in [-0.15, -0.1) is 26.3 Å². The molecule has 3 heterocycles. The van der Waals surface area contributed by atoms with E-state index in [0.717, 1.165) is 50.7 Å². The number of halogens is 5. The summed E-state index contributed by atoms with van der Waals surface area (Å²) in [5, 5.41) is 0. The van der Waals surface area contributed by atoms with Crippen molar-refractivity contribution < 1.29 is 26.7 Å². The van der Waals surface area contributed by atoms with Gasteiger partial charge in [-0.05, 0) is 43.7 Å². The molecule has 240 valence electrons. The molecule has 0 unspecified atom stereocenters. The van der Waals surface area contributed by atoms with Crippen LogP contribution in [-0.4, -0.2) is 35.1 Å². The summed E-state index contributed by atoms with van der Waals surface area (Å²) >= 11 is 0. The van der Waals surface area contributed by atoms with E-state index in [1.165, 1.54) is 25.4 Å². The van der Waals surface area contributed by atoms with Crippen molar-refractivity contribution in [3.8, 4) is 17.0 Å². The van der Waals surface area contributed by atoms with Crippen LogP contribution in [0.5, 0.6) is 5.88 Å². The molecule has 9 heteroatoms. The van der Waals surface area contributed by atoms with Crippen LogP contribution in [0.25, 0.3) is 16.8 Å². The molecule has 0 N–H and O–H groups in total. The molecule has 0 amide bonds. The van der Waals surface area contributed by atoms with Crippen molar-refractivity contribution in [2.75, 3.05) is 20.2 Å². The summed E-state index contributed by atoms with van der Waals surface area (Å²) in [5.74, 6) is -1.04. The smallest absolute Gasteiger partial charge is 0.417 e. The molecule has 3 aromatic rings. The number of aryl methyl sites for hydroxylation is 1. The first-order valence-electron chi connectivity index (χ1n) is 14.2. The summed E-state index contributed by atoms with van der Waals surface area (Å²) in [4.78, 5) is 10.4. The summed E-state index contributed by atoms with van der Waals surface area (Å²) in [6.45, 7) is 25.0. The lowest BCUT2D eigenvalue weighted by Gasteiger charge is -2.36. The van der Waals surface area contributed by atoms with Gasteiger partial charge in [0.1, 0.15) is 0 Å². The van der Waals surface area contributed by atoms with Crippen molar-refractivity contribution in [3.63, 3.8) is 0 Å². The van der Waals surface area contributed by atoms with E-state index in [0.29, 0.717) is 40.2 Å². The maximum Gasteiger partial charge on any atom is 0.417 e. The summed E-state index contributed by atoms with van der Waals surface area (Å²) in [6.07, 6.45) is -0.0236. The highest BCUT2D eigenvalue weighted by Crippen LogP contribution is 2.37. The molecular formula is C35H44F5N3O. The second-order valence-corrected chi connectivity index (χ2v) is 10.5. The number of rotatable bonds is 6. The fourth-order valence-corrected chi connectivity index (χ4v) is 4.63. The average Bonchev–Trinajstić information content (AvgIpc) is 3.02. The minimum absolute atomic E-state index is 0.0810. The highest BCUT2D eigenvalue weighted by molar-refractivity contribution is 5.78. The van der Waals surface area contributed by atoms with Crippen LogP contribution in [0.1, 0.15) is 56.0 Å². The zero-order valence-corrected chi connectivity index (χ0v) is 26.4. The Hall–Kier alpha value is -4.01. The molecule has 0 saturated carbocycles. The minimum atomic E-state index is -4.48. The number of piperidine rings is 1. The number of pyridine rings is 2. The van der Waals surface area contributed by atoms with Crippen LogP contribution >= 0.6 is 0 Å². The molecule has 2 aromatic heterocycles. The Kier molecular flexibility index (Phi) is 15.0. The van der Waals surface area contributed by atoms with Crippen LogP contribution in [0.2, 0.25) is 0 Å². The first-order valence-corrected chi connectivity index (χ1v) is 14.2. The van der Waals surface area contributed by atoms with Crippen molar-refractivity contribution in [2.24, 2.45) is 11.8 Å². The molecular weight excluding hydrogens is 573 g/mol. The van der Waals surface area contributed by atoms with Crippen molar-refractivity contribution in [3.05, 3.63) is 110 Å². The molecule has 1 aromatic carbocycles. The van der Waals surface area contributed by atoms with Gasteiger partial charge < -0.3 is 9.64 Å². The molecule has 4 nitrogen and oxygen atoms in total. The quantitative estimate of drug-likeness (QED) is 0.204. The molecule has 4 rings (SSSR count). The van der Waals surface area contributed by atoms with Gasteiger partial charge in [0, 0.05) is 55.2 Å². The van der Waals surface area contributed by atoms with Crippen molar-refractivity contribution >= 4 is 5.70 Å². The van der Waals surface area contributed by atoms with E-state index in [9.17, 15) is 22.0 Å². The maximum absolute atomic E-state index is 13.3. The number of likely N-dealkylation sites (tertiary alicyclic amines) is 1. The molecule has 1 fully saturated rings. The van der Waals surface area contributed by atoms with Crippen LogP contribution in [0.15, 0.2) is 87.8 Å². The van der Waals surface area contributed by atoms with Gasteiger partial charge in [0.2, 0.25) is 5.88 Å². The lowest BCUT2D eigenvalue weighted by molar-refractivity contribution is -0.137. The number of alkyl halides is 5. The van der Waals surface area contributed by atoms with Crippen molar-refractivity contribution in [1.29, 1.82) is 0 Å². The van der Waals surface area contributed by atoms with Crippen molar-refractivity contribution in [1.82, 2.24) is 14.9 Å². The Morgan fingerprint density at radius 3 is 1.95 bits per heavy atom. The average molecular weight is 618 g/mol. The van der Waals surface area contributed by atoms with Gasteiger partial charge in [0.05, 0.1) is 24.1 Å². The second-order valence-electron chi connectivity index (χ2n) is 10.5. The number of aromatic nitrogens is 2. The predicted octanol–water partition coefficient (Wildman–Crippen LogP) is 10.2. The third-order valence-corrected chi connectivity index (χ3v) is 7.13. The van der Waals surface area contributed by atoms with E-state index in [1.54, 1.807) is 31.2 Å². The normalized spacial score (nSPS) is 13.4. The lowest BCUT2D eigenvalue weighted by atomic mass is 9.86. The number of ether oxygens (including phenoxy) is 1. The summed E-state index contributed by atoms with van der Waals surface area (Å²) in [7, 11) is 1.49. The highest BCUT2D eigenvalue weighted by Gasteiger charge is 2.33.